The van der Waals surface area contributed by atoms with Crippen LogP contribution in [0.3, 0.4) is 0 Å². The van der Waals surface area contributed by atoms with Gasteiger partial charge in [0, 0.05) is 18.3 Å². The number of thiophene rings is 1. The van der Waals surface area contributed by atoms with E-state index in [0.717, 1.165) is 16.3 Å². The molecule has 1 heterocycles. The maximum Gasteiger partial charge on any atom is 0.251 e. The lowest BCUT2D eigenvalue weighted by molar-refractivity contribution is 0.100. The third-order valence-electron chi connectivity index (χ3n) is 2.50. The number of rotatable bonds is 4. The van der Waals surface area contributed by atoms with Crippen molar-refractivity contribution in [1.82, 2.24) is 0 Å². The standard InChI is InChI=1S/C13H14N2OS/c1-15-13-11(12(14)16)8-10(17-13)7-9-5-3-2-4-6-9/h2-6,8,15H,7H2,1H3,(H2,14,16). The molecule has 3 N–H and O–H groups in total. The van der Waals surface area contributed by atoms with Crippen LogP contribution in [-0.4, -0.2) is 13.0 Å². The Morgan fingerprint density at radius 3 is 2.59 bits per heavy atom. The van der Waals surface area contributed by atoms with Gasteiger partial charge in [-0.2, -0.15) is 0 Å². The van der Waals surface area contributed by atoms with Crippen LogP contribution in [-0.2, 0) is 6.42 Å². The van der Waals surface area contributed by atoms with Crippen LogP contribution < -0.4 is 11.1 Å². The summed E-state index contributed by atoms with van der Waals surface area (Å²) in [5.74, 6) is -0.384. The van der Waals surface area contributed by atoms with Crippen molar-refractivity contribution in [2.75, 3.05) is 12.4 Å². The van der Waals surface area contributed by atoms with Crippen LogP contribution in [0, 0.1) is 0 Å². The second kappa shape index (κ2) is 5.01. The van der Waals surface area contributed by atoms with E-state index in [1.807, 2.05) is 24.3 Å². The third kappa shape index (κ3) is 2.65. The molecule has 17 heavy (non-hydrogen) atoms. The summed E-state index contributed by atoms with van der Waals surface area (Å²) >= 11 is 1.57. The second-order valence-corrected chi connectivity index (χ2v) is 4.87. The summed E-state index contributed by atoms with van der Waals surface area (Å²) in [6.45, 7) is 0. The van der Waals surface area contributed by atoms with Gasteiger partial charge in [-0.15, -0.1) is 11.3 Å². The SMILES string of the molecule is CNc1sc(Cc2ccccc2)cc1C(N)=O. The Morgan fingerprint density at radius 1 is 1.35 bits per heavy atom. The van der Waals surface area contributed by atoms with Gasteiger partial charge in [-0.1, -0.05) is 30.3 Å². The van der Waals surface area contributed by atoms with Gasteiger partial charge < -0.3 is 11.1 Å². The lowest BCUT2D eigenvalue weighted by atomic mass is 10.1. The zero-order chi connectivity index (χ0) is 12.3. The number of nitrogens with one attached hydrogen (secondary N) is 1. The molecule has 0 aliphatic carbocycles. The number of hydrogen-bond acceptors (Lipinski definition) is 3. The molecule has 0 unspecified atom stereocenters. The maximum absolute atomic E-state index is 11.2. The predicted molar refractivity (Wildman–Crippen MR) is 71.6 cm³/mol. The van der Waals surface area contributed by atoms with E-state index in [0.29, 0.717) is 5.56 Å². The molecule has 0 saturated carbocycles. The molecule has 3 nitrogen and oxygen atoms in total. The summed E-state index contributed by atoms with van der Waals surface area (Å²) in [5.41, 5.74) is 7.13. The average molecular weight is 246 g/mol. The van der Waals surface area contributed by atoms with Crippen LogP contribution in [0.25, 0.3) is 0 Å². The average Bonchev–Trinajstić information content (AvgIpc) is 2.73. The monoisotopic (exact) mass is 246 g/mol. The molecule has 0 spiro atoms. The first-order valence-electron chi connectivity index (χ1n) is 5.35. The minimum Gasteiger partial charge on any atom is -0.379 e. The zero-order valence-electron chi connectivity index (χ0n) is 9.57. The second-order valence-electron chi connectivity index (χ2n) is 3.73. The first kappa shape index (κ1) is 11.7. The van der Waals surface area contributed by atoms with Gasteiger partial charge in [0.1, 0.15) is 5.00 Å². The highest BCUT2D eigenvalue weighted by molar-refractivity contribution is 7.16. The van der Waals surface area contributed by atoms with Crippen molar-refractivity contribution < 1.29 is 4.79 Å². The third-order valence-corrected chi connectivity index (χ3v) is 3.65. The van der Waals surface area contributed by atoms with E-state index < -0.39 is 0 Å². The molecule has 0 aliphatic heterocycles. The Morgan fingerprint density at radius 2 is 2.06 bits per heavy atom. The molecular weight excluding hydrogens is 232 g/mol. The number of benzene rings is 1. The number of carbonyl (C=O) groups excluding carboxylic acids is 1. The Balaban J connectivity index is 2.26. The Labute approximate surface area is 104 Å². The highest BCUT2D eigenvalue weighted by Gasteiger charge is 2.12. The van der Waals surface area contributed by atoms with Crippen molar-refractivity contribution >= 4 is 22.2 Å². The van der Waals surface area contributed by atoms with Gasteiger partial charge in [-0.3, -0.25) is 4.79 Å². The molecule has 1 aromatic carbocycles. The number of nitrogens with two attached hydrogens (primary N) is 1. The fourth-order valence-electron chi connectivity index (χ4n) is 1.69. The van der Waals surface area contributed by atoms with Crippen LogP contribution in [0.15, 0.2) is 36.4 Å². The number of amides is 1. The zero-order valence-corrected chi connectivity index (χ0v) is 10.4. The van der Waals surface area contributed by atoms with Gasteiger partial charge in [0.2, 0.25) is 0 Å². The molecule has 88 valence electrons. The van der Waals surface area contributed by atoms with Gasteiger partial charge >= 0.3 is 0 Å². The summed E-state index contributed by atoms with van der Waals surface area (Å²) in [7, 11) is 1.80. The largest absolute Gasteiger partial charge is 0.379 e. The molecule has 1 amide bonds. The van der Waals surface area contributed by atoms with Gasteiger partial charge in [0.05, 0.1) is 5.56 Å². The first-order valence-corrected chi connectivity index (χ1v) is 6.16. The molecule has 0 bridgehead atoms. The lowest BCUT2D eigenvalue weighted by Crippen LogP contribution is -2.11. The number of primary amides is 1. The van der Waals surface area contributed by atoms with Crippen LogP contribution >= 0.6 is 11.3 Å². The van der Waals surface area contributed by atoms with Crippen molar-refractivity contribution in [2.24, 2.45) is 5.73 Å². The van der Waals surface area contributed by atoms with E-state index in [2.05, 4.69) is 17.4 Å². The summed E-state index contributed by atoms with van der Waals surface area (Å²) < 4.78 is 0. The quantitative estimate of drug-likeness (QED) is 0.870. The van der Waals surface area contributed by atoms with E-state index >= 15 is 0 Å². The summed E-state index contributed by atoms with van der Waals surface area (Å²) in [4.78, 5) is 12.4. The molecule has 2 aromatic rings. The first-order chi connectivity index (χ1) is 8.20. The van der Waals surface area contributed by atoms with Gasteiger partial charge in [0.15, 0.2) is 0 Å². The van der Waals surface area contributed by atoms with E-state index in [1.54, 1.807) is 18.4 Å². The molecule has 0 fully saturated rings. The topological polar surface area (TPSA) is 55.1 Å². The molecule has 1 aromatic heterocycles. The van der Waals surface area contributed by atoms with Crippen LogP contribution in [0.2, 0.25) is 0 Å². The predicted octanol–water partition coefficient (Wildman–Crippen LogP) is 2.48. The Hall–Kier alpha value is -1.81. The van der Waals surface area contributed by atoms with E-state index in [-0.39, 0.29) is 5.91 Å². The van der Waals surface area contributed by atoms with Crippen molar-refractivity contribution in [2.45, 2.75) is 6.42 Å². The van der Waals surface area contributed by atoms with E-state index in [4.69, 9.17) is 5.73 Å². The minimum absolute atomic E-state index is 0.384. The molecule has 0 aliphatic rings. The highest BCUT2D eigenvalue weighted by atomic mass is 32.1. The fraction of sp³-hybridized carbons (Fsp3) is 0.154. The maximum atomic E-state index is 11.2. The number of anilines is 1. The lowest BCUT2D eigenvalue weighted by Gasteiger charge is -1.97. The Bertz CT molecular complexity index is 519. The summed E-state index contributed by atoms with van der Waals surface area (Å²) in [6.07, 6.45) is 0.827. The minimum atomic E-state index is -0.384. The molecule has 2 rings (SSSR count). The summed E-state index contributed by atoms with van der Waals surface area (Å²) in [6, 6.07) is 12.0. The fourth-order valence-corrected chi connectivity index (χ4v) is 2.74. The van der Waals surface area contributed by atoms with E-state index in [9.17, 15) is 4.79 Å². The molecule has 4 heteroatoms. The van der Waals surface area contributed by atoms with Gasteiger partial charge in [0.25, 0.3) is 5.91 Å². The Kier molecular flexibility index (Phi) is 3.44. The number of hydrogen-bond donors (Lipinski definition) is 2. The molecular formula is C13H14N2OS. The smallest absolute Gasteiger partial charge is 0.251 e. The van der Waals surface area contributed by atoms with Crippen LogP contribution in [0.4, 0.5) is 5.00 Å². The van der Waals surface area contributed by atoms with Gasteiger partial charge in [-0.25, -0.2) is 0 Å². The van der Waals surface area contributed by atoms with E-state index in [1.165, 1.54) is 5.56 Å². The summed E-state index contributed by atoms with van der Waals surface area (Å²) in [5, 5.41) is 3.84. The van der Waals surface area contributed by atoms with Crippen molar-refractivity contribution in [3.63, 3.8) is 0 Å². The molecule has 0 radical (unpaired) electrons. The molecule has 0 atom stereocenters. The highest BCUT2D eigenvalue weighted by Crippen LogP contribution is 2.29. The van der Waals surface area contributed by atoms with Crippen LogP contribution in [0.5, 0.6) is 0 Å². The van der Waals surface area contributed by atoms with Gasteiger partial charge in [-0.05, 0) is 11.6 Å². The number of carbonyl (C=O) groups is 1. The molecule has 0 saturated heterocycles. The van der Waals surface area contributed by atoms with Crippen molar-refractivity contribution in [1.29, 1.82) is 0 Å². The van der Waals surface area contributed by atoms with Crippen LogP contribution in [0.1, 0.15) is 20.8 Å². The van der Waals surface area contributed by atoms with Crippen molar-refractivity contribution in [3.8, 4) is 0 Å². The van der Waals surface area contributed by atoms with Crippen molar-refractivity contribution in [3.05, 3.63) is 52.4 Å². The normalized spacial score (nSPS) is 10.2.